The predicted molar refractivity (Wildman–Crippen MR) is 81.4 cm³/mol. The Hall–Kier alpha value is -1.60. The number of benzene rings is 1. The van der Waals surface area contributed by atoms with Gasteiger partial charge in [0, 0.05) is 12.2 Å². The van der Waals surface area contributed by atoms with E-state index >= 15 is 0 Å². The van der Waals surface area contributed by atoms with Gasteiger partial charge in [0.15, 0.2) is 0 Å². The fourth-order valence-electron chi connectivity index (χ4n) is 2.57. The van der Waals surface area contributed by atoms with Crippen LogP contribution in [0, 0.1) is 20.8 Å². The summed E-state index contributed by atoms with van der Waals surface area (Å²) in [7, 11) is -3.79. The average Bonchev–Trinajstić information content (AvgIpc) is 2.39. The van der Waals surface area contributed by atoms with E-state index in [0.717, 1.165) is 12.0 Å². The van der Waals surface area contributed by atoms with E-state index in [9.17, 15) is 13.2 Å². The van der Waals surface area contributed by atoms with Crippen LogP contribution in [0.5, 0.6) is 0 Å². The maximum absolute atomic E-state index is 12.6. The number of hydrogen-bond donors (Lipinski definition) is 3. The van der Waals surface area contributed by atoms with Crippen molar-refractivity contribution in [3.8, 4) is 0 Å². The Morgan fingerprint density at radius 2 is 1.95 bits per heavy atom. The van der Waals surface area contributed by atoms with Crippen LogP contribution in [0.4, 0.5) is 5.69 Å². The molecule has 0 aromatic heterocycles. The molecule has 1 heterocycles. The number of nitrogens with two attached hydrogens (primary N) is 1. The minimum absolute atomic E-state index is 0.179. The van der Waals surface area contributed by atoms with E-state index in [-0.39, 0.29) is 10.8 Å². The van der Waals surface area contributed by atoms with Crippen LogP contribution in [0.25, 0.3) is 0 Å². The molecule has 116 valence electrons. The van der Waals surface area contributed by atoms with Crippen molar-refractivity contribution in [1.29, 1.82) is 0 Å². The smallest absolute Gasteiger partial charge is 0.241 e. The first-order valence-corrected chi connectivity index (χ1v) is 8.38. The zero-order chi connectivity index (χ0) is 15.8. The Balaban J connectivity index is 2.43. The van der Waals surface area contributed by atoms with Gasteiger partial charge in [-0.2, -0.15) is 4.72 Å². The van der Waals surface area contributed by atoms with Gasteiger partial charge in [0.1, 0.15) is 6.04 Å². The first kappa shape index (κ1) is 15.8. The number of anilines is 1. The second-order valence-electron chi connectivity index (χ2n) is 5.47. The summed E-state index contributed by atoms with van der Waals surface area (Å²) < 4.78 is 27.8. The van der Waals surface area contributed by atoms with Crippen LogP contribution in [0.15, 0.2) is 11.0 Å². The lowest BCUT2D eigenvalue weighted by Gasteiger charge is -2.24. The fourth-order valence-corrected chi connectivity index (χ4v) is 4.38. The van der Waals surface area contributed by atoms with Gasteiger partial charge in [0.2, 0.25) is 15.9 Å². The van der Waals surface area contributed by atoms with E-state index in [1.165, 1.54) is 0 Å². The SMILES string of the molecule is Cc1cc(N)c(C)c(S(=O)(=O)NC2CCCNC2=O)c1C. The molecule has 21 heavy (non-hydrogen) atoms. The molecule has 2 rings (SSSR count). The van der Waals surface area contributed by atoms with Gasteiger partial charge < -0.3 is 11.1 Å². The third-order valence-electron chi connectivity index (χ3n) is 3.93. The molecule has 1 fully saturated rings. The van der Waals surface area contributed by atoms with Crippen molar-refractivity contribution >= 4 is 21.6 Å². The molecule has 0 bridgehead atoms. The van der Waals surface area contributed by atoms with Crippen LogP contribution < -0.4 is 15.8 Å². The maximum atomic E-state index is 12.6. The lowest BCUT2D eigenvalue weighted by molar-refractivity contribution is -0.124. The molecule has 1 aromatic carbocycles. The zero-order valence-electron chi connectivity index (χ0n) is 12.5. The van der Waals surface area contributed by atoms with Crippen molar-refractivity contribution in [3.05, 3.63) is 22.8 Å². The molecular formula is C14H21N3O3S. The summed E-state index contributed by atoms with van der Waals surface area (Å²) in [5, 5.41) is 2.67. The van der Waals surface area contributed by atoms with Crippen LogP contribution in [0.2, 0.25) is 0 Å². The van der Waals surface area contributed by atoms with Crippen molar-refractivity contribution in [1.82, 2.24) is 10.0 Å². The van der Waals surface area contributed by atoms with Gasteiger partial charge in [-0.05, 0) is 56.4 Å². The number of nitrogens with one attached hydrogen (secondary N) is 2. The van der Waals surface area contributed by atoms with Gasteiger partial charge in [-0.15, -0.1) is 0 Å². The lowest BCUT2D eigenvalue weighted by Crippen LogP contribution is -2.50. The third-order valence-corrected chi connectivity index (χ3v) is 5.67. The average molecular weight is 311 g/mol. The van der Waals surface area contributed by atoms with Crippen molar-refractivity contribution in [2.24, 2.45) is 0 Å². The lowest BCUT2D eigenvalue weighted by atomic mass is 10.1. The molecule has 7 heteroatoms. The largest absolute Gasteiger partial charge is 0.398 e. The second kappa shape index (κ2) is 5.65. The highest BCUT2D eigenvalue weighted by atomic mass is 32.2. The highest BCUT2D eigenvalue weighted by Gasteiger charge is 2.30. The second-order valence-corrected chi connectivity index (χ2v) is 7.12. The van der Waals surface area contributed by atoms with E-state index < -0.39 is 16.1 Å². The van der Waals surface area contributed by atoms with Crippen LogP contribution >= 0.6 is 0 Å². The summed E-state index contributed by atoms with van der Waals surface area (Å²) in [6, 6.07) is 1.04. The number of sulfonamides is 1. The summed E-state index contributed by atoms with van der Waals surface area (Å²) in [6.45, 7) is 5.83. The molecule has 1 aliphatic rings. The molecule has 1 aliphatic heterocycles. The standard InChI is InChI=1S/C14H21N3O3S/c1-8-7-11(15)10(3)13(9(8)2)21(19,20)17-12-5-4-6-16-14(12)18/h7,12,17H,4-6,15H2,1-3H3,(H,16,18). The zero-order valence-corrected chi connectivity index (χ0v) is 13.3. The van der Waals surface area contributed by atoms with Gasteiger partial charge in [-0.3, -0.25) is 4.79 Å². The Labute approximate surface area is 125 Å². The Kier molecular flexibility index (Phi) is 4.25. The minimum atomic E-state index is -3.79. The van der Waals surface area contributed by atoms with Crippen molar-refractivity contribution < 1.29 is 13.2 Å². The Bertz CT molecular complexity index is 657. The molecule has 0 aliphatic carbocycles. The normalized spacial score (nSPS) is 19.4. The van der Waals surface area contributed by atoms with Gasteiger partial charge in [0.05, 0.1) is 4.90 Å². The first-order valence-electron chi connectivity index (χ1n) is 6.90. The molecular weight excluding hydrogens is 290 g/mol. The number of hydrogen-bond acceptors (Lipinski definition) is 4. The summed E-state index contributed by atoms with van der Waals surface area (Å²) in [5.74, 6) is -0.277. The fraction of sp³-hybridized carbons (Fsp3) is 0.500. The topological polar surface area (TPSA) is 101 Å². The third kappa shape index (κ3) is 3.03. The molecule has 0 saturated carbocycles. The molecule has 1 aromatic rings. The summed E-state index contributed by atoms with van der Waals surface area (Å²) >= 11 is 0. The number of carbonyl (C=O) groups is 1. The molecule has 1 saturated heterocycles. The Morgan fingerprint density at radius 3 is 2.57 bits per heavy atom. The van der Waals surface area contributed by atoms with Crippen molar-refractivity contribution in [2.75, 3.05) is 12.3 Å². The van der Waals surface area contributed by atoms with Crippen molar-refractivity contribution in [2.45, 2.75) is 44.6 Å². The Morgan fingerprint density at radius 1 is 1.29 bits per heavy atom. The van der Waals surface area contributed by atoms with E-state index in [0.29, 0.717) is 29.8 Å². The van der Waals surface area contributed by atoms with Gasteiger partial charge in [0.25, 0.3) is 0 Å². The number of rotatable bonds is 3. The molecule has 0 spiro atoms. The maximum Gasteiger partial charge on any atom is 0.241 e. The molecule has 1 amide bonds. The van der Waals surface area contributed by atoms with E-state index in [4.69, 9.17) is 5.73 Å². The van der Waals surface area contributed by atoms with Gasteiger partial charge in [-0.1, -0.05) is 0 Å². The van der Waals surface area contributed by atoms with Gasteiger partial charge in [-0.25, -0.2) is 8.42 Å². The predicted octanol–water partition coefficient (Wildman–Crippen LogP) is 0.751. The number of carbonyl (C=O) groups excluding carboxylic acids is 1. The number of aryl methyl sites for hydroxylation is 1. The quantitative estimate of drug-likeness (QED) is 0.717. The van der Waals surface area contributed by atoms with Crippen LogP contribution in [0.1, 0.15) is 29.5 Å². The number of piperidine rings is 1. The van der Waals surface area contributed by atoms with E-state index in [1.54, 1.807) is 19.9 Å². The molecule has 1 unspecified atom stereocenters. The highest BCUT2D eigenvalue weighted by molar-refractivity contribution is 7.89. The molecule has 0 radical (unpaired) electrons. The van der Waals surface area contributed by atoms with Crippen LogP contribution in [0.3, 0.4) is 0 Å². The summed E-state index contributed by atoms with van der Waals surface area (Å²) in [5.41, 5.74) is 8.30. The first-order chi connectivity index (χ1) is 9.74. The van der Waals surface area contributed by atoms with Gasteiger partial charge >= 0.3 is 0 Å². The monoisotopic (exact) mass is 311 g/mol. The summed E-state index contributed by atoms with van der Waals surface area (Å²) in [4.78, 5) is 11.9. The summed E-state index contributed by atoms with van der Waals surface area (Å²) in [6.07, 6.45) is 1.26. The molecule has 4 N–H and O–H groups in total. The minimum Gasteiger partial charge on any atom is -0.398 e. The van der Waals surface area contributed by atoms with Crippen molar-refractivity contribution in [3.63, 3.8) is 0 Å². The number of amides is 1. The van der Waals surface area contributed by atoms with E-state index in [1.807, 2.05) is 6.92 Å². The highest BCUT2D eigenvalue weighted by Crippen LogP contribution is 2.28. The van der Waals surface area contributed by atoms with Crippen LogP contribution in [-0.2, 0) is 14.8 Å². The number of nitrogen functional groups attached to an aromatic ring is 1. The van der Waals surface area contributed by atoms with E-state index in [2.05, 4.69) is 10.0 Å². The molecule has 6 nitrogen and oxygen atoms in total. The molecule has 1 atom stereocenters. The van der Waals surface area contributed by atoms with Crippen LogP contribution in [-0.4, -0.2) is 26.9 Å².